The Morgan fingerprint density at radius 3 is 2.44 bits per heavy atom. The Balaban J connectivity index is 1.60. The van der Waals surface area contributed by atoms with Crippen molar-refractivity contribution in [2.75, 3.05) is 33.3 Å². The van der Waals surface area contributed by atoms with E-state index in [9.17, 15) is 19.8 Å². The smallest absolute Gasteiger partial charge is 0.325 e. The molecule has 1 atom stereocenters. The summed E-state index contributed by atoms with van der Waals surface area (Å²) in [5.41, 5.74) is 2.42. The standard InChI is InChI=1S/C23H26N4O5/c1-32-17-2-3-20-18(12-17)19(14-27(20)15-21(28)29)22(23(30)31)26-10-8-25(9-11-26)13-16-4-6-24-7-5-16/h2-7,12,14,22H,8-11,13,15H2,1H3,(H,28,29)(H,30,31)/t22-/m0/s1. The first-order valence-electron chi connectivity index (χ1n) is 10.4. The number of benzene rings is 1. The predicted octanol–water partition coefficient (Wildman–Crippen LogP) is 2.07. The van der Waals surface area contributed by atoms with Gasteiger partial charge in [0.05, 0.1) is 7.11 Å². The van der Waals surface area contributed by atoms with E-state index in [2.05, 4.69) is 9.88 Å². The van der Waals surface area contributed by atoms with E-state index in [4.69, 9.17) is 4.74 Å². The number of methoxy groups -OCH3 is 1. The topological polar surface area (TPSA) is 108 Å². The average Bonchev–Trinajstić information content (AvgIpc) is 3.12. The summed E-state index contributed by atoms with van der Waals surface area (Å²) in [6.07, 6.45) is 5.20. The highest BCUT2D eigenvalue weighted by atomic mass is 16.5. The number of piperazine rings is 1. The Bertz CT molecular complexity index is 1110. The Morgan fingerprint density at radius 2 is 1.81 bits per heavy atom. The first kappa shape index (κ1) is 21.8. The first-order chi connectivity index (χ1) is 15.5. The molecule has 0 bridgehead atoms. The van der Waals surface area contributed by atoms with E-state index in [0.29, 0.717) is 35.3 Å². The fourth-order valence-electron chi connectivity index (χ4n) is 4.34. The molecule has 0 amide bonds. The second-order valence-electron chi connectivity index (χ2n) is 7.90. The molecule has 9 heteroatoms. The summed E-state index contributed by atoms with van der Waals surface area (Å²) in [4.78, 5) is 32.0. The van der Waals surface area contributed by atoms with Crippen LogP contribution in [-0.2, 0) is 22.7 Å². The van der Waals surface area contributed by atoms with E-state index in [1.54, 1.807) is 48.5 Å². The summed E-state index contributed by atoms with van der Waals surface area (Å²) >= 11 is 0. The number of carboxylic acid groups (broad SMARTS) is 2. The highest BCUT2D eigenvalue weighted by Gasteiger charge is 2.33. The van der Waals surface area contributed by atoms with Gasteiger partial charge < -0.3 is 19.5 Å². The molecule has 2 N–H and O–H groups in total. The first-order valence-corrected chi connectivity index (χ1v) is 10.4. The molecule has 0 spiro atoms. The maximum atomic E-state index is 12.4. The van der Waals surface area contributed by atoms with Gasteiger partial charge in [0.15, 0.2) is 0 Å². The zero-order valence-electron chi connectivity index (χ0n) is 17.8. The second kappa shape index (κ2) is 9.37. The average molecular weight is 438 g/mol. The molecule has 168 valence electrons. The maximum Gasteiger partial charge on any atom is 0.325 e. The molecular weight excluding hydrogens is 412 g/mol. The number of rotatable bonds is 8. The number of aromatic nitrogens is 2. The molecule has 0 aliphatic carbocycles. The number of carbonyl (C=O) groups is 2. The van der Waals surface area contributed by atoms with Gasteiger partial charge in [-0.15, -0.1) is 0 Å². The summed E-state index contributed by atoms with van der Waals surface area (Å²) in [7, 11) is 1.55. The van der Waals surface area contributed by atoms with Crippen molar-refractivity contribution < 1.29 is 24.5 Å². The molecule has 1 aromatic carbocycles. The lowest BCUT2D eigenvalue weighted by molar-refractivity contribution is -0.144. The maximum absolute atomic E-state index is 12.4. The van der Waals surface area contributed by atoms with Gasteiger partial charge in [0.25, 0.3) is 0 Å². The van der Waals surface area contributed by atoms with Crippen LogP contribution < -0.4 is 4.74 Å². The van der Waals surface area contributed by atoms with E-state index in [-0.39, 0.29) is 6.54 Å². The van der Waals surface area contributed by atoms with Crippen molar-refractivity contribution in [1.82, 2.24) is 19.4 Å². The molecule has 0 saturated carbocycles. The molecule has 1 fully saturated rings. The van der Waals surface area contributed by atoms with Gasteiger partial charge in [-0.25, -0.2) is 0 Å². The van der Waals surface area contributed by atoms with Crippen molar-refractivity contribution in [3.05, 3.63) is 60.0 Å². The predicted molar refractivity (Wildman–Crippen MR) is 118 cm³/mol. The van der Waals surface area contributed by atoms with Crippen LogP contribution >= 0.6 is 0 Å². The molecule has 9 nitrogen and oxygen atoms in total. The van der Waals surface area contributed by atoms with Crippen molar-refractivity contribution in [2.45, 2.75) is 19.1 Å². The summed E-state index contributed by atoms with van der Waals surface area (Å²) < 4.78 is 6.91. The van der Waals surface area contributed by atoms with Crippen LogP contribution in [0.15, 0.2) is 48.9 Å². The summed E-state index contributed by atoms with van der Waals surface area (Å²) in [5, 5.41) is 20.1. The van der Waals surface area contributed by atoms with Gasteiger partial charge >= 0.3 is 11.9 Å². The molecule has 1 aliphatic heterocycles. The van der Waals surface area contributed by atoms with E-state index < -0.39 is 18.0 Å². The summed E-state index contributed by atoms with van der Waals surface area (Å²) in [5.74, 6) is -1.34. The lowest BCUT2D eigenvalue weighted by Crippen LogP contribution is -2.48. The third-order valence-corrected chi connectivity index (χ3v) is 5.88. The third-order valence-electron chi connectivity index (χ3n) is 5.88. The minimum atomic E-state index is -0.985. The van der Waals surface area contributed by atoms with Crippen LogP contribution in [0.4, 0.5) is 0 Å². The van der Waals surface area contributed by atoms with Crippen LogP contribution in [-0.4, -0.2) is 74.8 Å². The van der Waals surface area contributed by atoms with Gasteiger partial charge in [-0.2, -0.15) is 0 Å². The molecule has 4 rings (SSSR count). The highest BCUT2D eigenvalue weighted by Crippen LogP contribution is 2.33. The molecule has 0 radical (unpaired) electrons. The molecule has 1 saturated heterocycles. The zero-order chi connectivity index (χ0) is 22.7. The number of hydrogen-bond donors (Lipinski definition) is 2. The summed E-state index contributed by atoms with van der Waals surface area (Å²) in [6, 6.07) is 8.39. The second-order valence-corrected chi connectivity index (χ2v) is 7.90. The van der Waals surface area contributed by atoms with Gasteiger partial charge in [0.1, 0.15) is 18.3 Å². The van der Waals surface area contributed by atoms with Crippen LogP contribution in [0.2, 0.25) is 0 Å². The van der Waals surface area contributed by atoms with Gasteiger partial charge in [-0.05, 0) is 35.9 Å². The number of carboxylic acids is 2. The van der Waals surface area contributed by atoms with E-state index >= 15 is 0 Å². The van der Waals surface area contributed by atoms with Crippen LogP contribution in [0.1, 0.15) is 17.2 Å². The molecule has 3 heterocycles. The van der Waals surface area contributed by atoms with E-state index in [1.807, 2.05) is 17.0 Å². The largest absolute Gasteiger partial charge is 0.497 e. The van der Waals surface area contributed by atoms with Gasteiger partial charge in [0, 0.05) is 67.8 Å². The van der Waals surface area contributed by atoms with Gasteiger partial charge in [-0.3, -0.25) is 24.4 Å². The molecule has 0 unspecified atom stereocenters. The molecule has 1 aliphatic rings. The molecule has 2 aromatic heterocycles. The number of aliphatic carboxylic acids is 2. The van der Waals surface area contributed by atoms with Crippen molar-refractivity contribution in [1.29, 1.82) is 0 Å². The molecule has 3 aromatic rings. The van der Waals surface area contributed by atoms with Crippen molar-refractivity contribution in [2.24, 2.45) is 0 Å². The Labute approximate surface area is 185 Å². The minimum absolute atomic E-state index is 0.241. The Kier molecular flexibility index (Phi) is 6.38. The SMILES string of the molecule is COc1ccc2c(c1)c([C@@H](C(=O)O)N1CCN(Cc3ccncc3)CC1)cn2CC(=O)O. The van der Waals surface area contributed by atoms with Crippen LogP contribution in [0.5, 0.6) is 5.75 Å². The normalized spacial score (nSPS) is 16.2. The fraction of sp³-hybridized carbons (Fsp3) is 0.348. The van der Waals surface area contributed by atoms with E-state index in [0.717, 1.165) is 19.6 Å². The monoisotopic (exact) mass is 438 g/mol. The van der Waals surface area contributed by atoms with Crippen molar-refractivity contribution >= 4 is 22.8 Å². The molecule has 32 heavy (non-hydrogen) atoms. The number of fused-ring (bicyclic) bond motifs is 1. The van der Waals surface area contributed by atoms with Crippen LogP contribution in [0.3, 0.4) is 0 Å². The Hall–Kier alpha value is -3.43. The minimum Gasteiger partial charge on any atom is -0.497 e. The highest BCUT2D eigenvalue weighted by molar-refractivity contribution is 5.91. The van der Waals surface area contributed by atoms with Crippen molar-refractivity contribution in [3.8, 4) is 5.75 Å². The Morgan fingerprint density at radius 1 is 1.09 bits per heavy atom. The van der Waals surface area contributed by atoms with Crippen LogP contribution in [0.25, 0.3) is 10.9 Å². The number of ether oxygens (including phenoxy) is 1. The lowest BCUT2D eigenvalue weighted by atomic mass is 10.0. The van der Waals surface area contributed by atoms with Crippen molar-refractivity contribution in [3.63, 3.8) is 0 Å². The third kappa shape index (κ3) is 4.58. The van der Waals surface area contributed by atoms with Gasteiger partial charge in [0.2, 0.25) is 0 Å². The zero-order valence-corrected chi connectivity index (χ0v) is 17.8. The number of pyridine rings is 1. The van der Waals surface area contributed by atoms with Crippen LogP contribution in [0, 0.1) is 0 Å². The number of hydrogen-bond acceptors (Lipinski definition) is 6. The van der Waals surface area contributed by atoms with Gasteiger partial charge in [-0.1, -0.05) is 0 Å². The van der Waals surface area contributed by atoms with E-state index in [1.165, 1.54) is 5.56 Å². The lowest BCUT2D eigenvalue weighted by Gasteiger charge is -2.37. The fourth-order valence-corrected chi connectivity index (χ4v) is 4.34. The number of nitrogens with zero attached hydrogens (tertiary/aromatic N) is 4. The quantitative estimate of drug-likeness (QED) is 0.550. The summed E-state index contributed by atoms with van der Waals surface area (Å²) in [6.45, 7) is 3.22. The molecular formula is C23H26N4O5.